The van der Waals surface area contributed by atoms with Gasteiger partial charge in [0, 0.05) is 39.1 Å². The van der Waals surface area contributed by atoms with Gasteiger partial charge in [0.05, 0.1) is 11.3 Å². The van der Waals surface area contributed by atoms with Crippen molar-refractivity contribution in [3.05, 3.63) is 188 Å². The predicted octanol–water partition coefficient (Wildman–Crippen LogP) is 11.3. The molecule has 0 radical (unpaired) electrons. The number of carbonyl (C=O) groups is 5. The van der Waals surface area contributed by atoms with Gasteiger partial charge in [0.1, 0.15) is 59.0 Å². The quantitative estimate of drug-likeness (QED) is 0.0119. The second kappa shape index (κ2) is 24.9. The van der Waals surface area contributed by atoms with Crippen LogP contribution in [0.25, 0.3) is 10.1 Å². The fourth-order valence-corrected chi connectivity index (χ4v) is 13.3. The molecule has 1 saturated heterocycles. The van der Waals surface area contributed by atoms with Crippen LogP contribution in [0.1, 0.15) is 69.5 Å². The number of β-lactam (4-membered cyclic amide) rings is 1. The number of hydrogen-bond donors (Lipinski definition) is 2. The number of benzene rings is 5. The first-order valence-electron chi connectivity index (χ1n) is 25.6. The molecule has 0 aliphatic carbocycles. The first-order valence-corrected chi connectivity index (χ1v) is 29.3. The maximum Gasteiger partial charge on any atom is 0.514 e. The number of esters is 1. The van der Waals surface area contributed by atoms with Gasteiger partial charge in [-0.3, -0.25) is 19.3 Å². The van der Waals surface area contributed by atoms with E-state index in [2.05, 4.69) is 15.8 Å². The Hall–Kier alpha value is -8.18. The normalized spacial score (nSPS) is 15.4. The highest BCUT2D eigenvalue weighted by Crippen LogP contribution is 2.44. The molecule has 5 aromatic carbocycles. The molecule has 7 aromatic rings. The first-order chi connectivity index (χ1) is 39.2. The zero-order chi connectivity index (χ0) is 58.3. The number of amides is 2. The highest BCUT2D eigenvalue weighted by atomic mass is 32.2. The fraction of sp³-hybridized carbons (Fsp3) is 0.267. The predicted molar refractivity (Wildman–Crippen MR) is 316 cm³/mol. The van der Waals surface area contributed by atoms with Crippen molar-refractivity contribution in [3.8, 4) is 17.2 Å². The van der Waals surface area contributed by atoms with E-state index >= 15 is 0 Å². The lowest BCUT2D eigenvalue weighted by molar-refractivity contribution is -0.153. The molecule has 1 fully saturated rings. The average molecular weight is 1180 g/mol. The van der Waals surface area contributed by atoms with Crippen molar-refractivity contribution in [1.82, 2.24) is 15.2 Å². The maximum atomic E-state index is 14.4. The second-order valence-electron chi connectivity index (χ2n) is 20.5. The molecule has 2 atom stereocenters. The van der Waals surface area contributed by atoms with Crippen LogP contribution in [0.4, 0.5) is 14.7 Å². The van der Waals surface area contributed by atoms with E-state index in [9.17, 15) is 28.8 Å². The van der Waals surface area contributed by atoms with Crippen LogP contribution in [-0.4, -0.2) is 94.0 Å². The van der Waals surface area contributed by atoms with E-state index in [0.29, 0.717) is 30.9 Å². The number of hydrogen-bond acceptors (Lipinski definition) is 20. The van der Waals surface area contributed by atoms with E-state index < -0.39 is 63.7 Å². The van der Waals surface area contributed by atoms with Crippen molar-refractivity contribution in [3.63, 3.8) is 0 Å². The van der Waals surface area contributed by atoms with Crippen molar-refractivity contribution >= 4 is 97.2 Å². The van der Waals surface area contributed by atoms with Gasteiger partial charge in [-0.05, 0) is 87.6 Å². The molecule has 9 rings (SSSR count). The van der Waals surface area contributed by atoms with Crippen LogP contribution in [-0.2, 0) is 45.6 Å². The van der Waals surface area contributed by atoms with E-state index in [4.69, 9.17) is 38.2 Å². The van der Waals surface area contributed by atoms with E-state index in [1.54, 1.807) is 78.3 Å². The number of nitrogens with zero attached hydrogens (tertiary/aromatic N) is 3. The molecule has 0 spiro atoms. The SMILES string of the molecule is CO/N=C(\C(=O)NC1C(=O)N2C(C(=O)OCc3ccc(OC)cc3)=C(CSc3cc(=O)c4cc(OC(=O)OC(C)(C)C)c(OC(=O)OC(C)(C)C)cc4s3)CS[C@H]12)c1csc(NC(c2ccccc2)(c2ccccc2)c2ccccc2)n1. The summed E-state index contributed by atoms with van der Waals surface area (Å²) in [6.45, 7) is 9.80. The molecule has 18 nitrogen and oxygen atoms in total. The van der Waals surface area contributed by atoms with Crippen molar-refractivity contribution < 1.29 is 57.2 Å². The van der Waals surface area contributed by atoms with Gasteiger partial charge in [-0.25, -0.2) is 19.4 Å². The van der Waals surface area contributed by atoms with Gasteiger partial charge >= 0.3 is 18.3 Å². The maximum absolute atomic E-state index is 14.4. The zero-order valence-corrected chi connectivity index (χ0v) is 49.1. The van der Waals surface area contributed by atoms with Crippen LogP contribution >= 0.6 is 46.2 Å². The number of rotatable bonds is 18. The Balaban J connectivity index is 0.974. The molecule has 2 N–H and O–H groups in total. The van der Waals surface area contributed by atoms with Gasteiger partial charge in [0.25, 0.3) is 11.8 Å². The number of thioether (sulfide) groups is 2. The summed E-state index contributed by atoms with van der Waals surface area (Å²) in [7, 11) is 2.85. The molecule has 1 unspecified atom stereocenters. The smallest absolute Gasteiger partial charge is 0.497 e. The van der Waals surface area contributed by atoms with Gasteiger partial charge in [0.2, 0.25) is 0 Å². The Labute approximate surface area is 489 Å². The number of nitrogens with one attached hydrogen (secondary N) is 2. The van der Waals surface area contributed by atoms with E-state index in [1.807, 2.05) is 91.0 Å². The summed E-state index contributed by atoms with van der Waals surface area (Å²) >= 11 is 5.01. The highest BCUT2D eigenvalue weighted by molar-refractivity contribution is 8.02. The standard InChI is InChI=1S/C60H57N5O13S4/c1-58(2,3)77-56(70)75-44-28-41-43(66)29-47(82-46(41)30-45(44)76-57(71)78-59(4,5)6)79-32-36-33-80-53-49(52(68)65(53)50(36)54(69)74-31-35-24-26-40(72-7)27-25-35)62-51(67)48(64-73-8)42-34-81-55(61-42)63-60(37-18-12-9-13-19-37,38-20-14-10-15-21-38)39-22-16-11-17-23-39/h9-30,34,49,53H,31-33H2,1-8H3,(H,61,63)(H,62,67)/b64-48-/t49?,53-/m1/s1. The summed E-state index contributed by atoms with van der Waals surface area (Å²) in [6.07, 6.45) is -2.17. The zero-order valence-electron chi connectivity index (χ0n) is 45.8. The van der Waals surface area contributed by atoms with Crippen molar-refractivity contribution in [2.75, 3.05) is 31.0 Å². The van der Waals surface area contributed by atoms with Gasteiger partial charge in [-0.15, -0.1) is 46.2 Å². The van der Waals surface area contributed by atoms with Crippen LogP contribution in [0, 0.1) is 0 Å². The van der Waals surface area contributed by atoms with Crippen LogP contribution in [0.2, 0.25) is 0 Å². The third kappa shape index (κ3) is 13.4. The summed E-state index contributed by atoms with van der Waals surface area (Å²) in [4.78, 5) is 94.1. The molecule has 424 valence electrons. The molecular formula is C60H57N5O13S4. The molecule has 82 heavy (non-hydrogen) atoms. The lowest BCUT2D eigenvalue weighted by Gasteiger charge is -2.49. The number of carbonyl (C=O) groups excluding carboxylic acids is 5. The number of fused-ring (bicyclic) bond motifs is 2. The van der Waals surface area contributed by atoms with Gasteiger partial charge < -0.3 is 43.9 Å². The number of anilines is 1. The van der Waals surface area contributed by atoms with Crippen molar-refractivity contribution in [2.24, 2.45) is 5.16 Å². The van der Waals surface area contributed by atoms with Crippen LogP contribution in [0.3, 0.4) is 0 Å². The molecule has 4 heterocycles. The van der Waals surface area contributed by atoms with E-state index in [-0.39, 0.29) is 52.1 Å². The van der Waals surface area contributed by atoms with Gasteiger partial charge in [-0.1, -0.05) is 108 Å². The molecule has 0 saturated carbocycles. The molecule has 2 aromatic heterocycles. The molecule has 2 aliphatic rings. The van der Waals surface area contributed by atoms with Crippen molar-refractivity contribution in [2.45, 2.75) is 80.5 Å². The van der Waals surface area contributed by atoms with Crippen LogP contribution in [0.5, 0.6) is 17.2 Å². The van der Waals surface area contributed by atoms with Crippen LogP contribution in [0.15, 0.2) is 164 Å². The first kappa shape index (κ1) is 58.5. The topological polar surface area (TPSA) is 220 Å². The third-order valence-corrected chi connectivity index (χ3v) is 16.9. The Morgan fingerprint density at radius 2 is 1.33 bits per heavy atom. The van der Waals surface area contributed by atoms with Gasteiger partial charge in [-0.2, -0.15) is 0 Å². The molecule has 2 amide bonds. The number of ether oxygens (including phenoxy) is 6. The Morgan fingerprint density at radius 3 is 1.88 bits per heavy atom. The summed E-state index contributed by atoms with van der Waals surface area (Å²) in [6, 6.07) is 39.9. The highest BCUT2D eigenvalue weighted by Gasteiger charge is 2.55. The number of methoxy groups -OCH3 is 1. The molecule has 22 heteroatoms. The van der Waals surface area contributed by atoms with Crippen molar-refractivity contribution in [1.29, 1.82) is 0 Å². The number of thiazole rings is 1. The van der Waals surface area contributed by atoms with E-state index in [1.165, 1.54) is 76.4 Å². The third-order valence-electron chi connectivity index (χ3n) is 12.4. The minimum Gasteiger partial charge on any atom is -0.497 e. The minimum absolute atomic E-state index is 0.00473. The Morgan fingerprint density at radius 1 is 0.756 bits per heavy atom. The Bertz CT molecular complexity index is 3540. The molecular weight excluding hydrogens is 1130 g/mol. The second-order valence-corrected chi connectivity index (χ2v) is 24.8. The molecule has 2 aliphatic heterocycles. The lowest BCUT2D eigenvalue weighted by Crippen LogP contribution is -2.71. The summed E-state index contributed by atoms with van der Waals surface area (Å²) in [5.41, 5.74) is 0.851. The Kier molecular flexibility index (Phi) is 17.8. The van der Waals surface area contributed by atoms with E-state index in [0.717, 1.165) is 16.7 Å². The summed E-state index contributed by atoms with van der Waals surface area (Å²) < 4.78 is 33.7. The molecule has 0 bridgehead atoms. The monoisotopic (exact) mass is 1180 g/mol. The summed E-state index contributed by atoms with van der Waals surface area (Å²) in [5.74, 6) is -1.56. The fourth-order valence-electron chi connectivity index (χ4n) is 8.86. The minimum atomic E-state index is -1.09. The summed E-state index contributed by atoms with van der Waals surface area (Å²) in [5, 5.41) is 12.2. The average Bonchev–Trinajstić information content (AvgIpc) is 1.69. The largest absolute Gasteiger partial charge is 0.514 e. The van der Waals surface area contributed by atoms with Crippen LogP contribution < -0.4 is 30.3 Å². The number of aromatic nitrogens is 1. The lowest BCUT2D eigenvalue weighted by atomic mass is 9.77. The number of oxime groups is 1. The van der Waals surface area contributed by atoms with Gasteiger partial charge in [0.15, 0.2) is 27.8 Å².